The van der Waals surface area contributed by atoms with Gasteiger partial charge in [0.2, 0.25) is 11.9 Å². The summed E-state index contributed by atoms with van der Waals surface area (Å²) < 4.78 is 0. The van der Waals surface area contributed by atoms with Gasteiger partial charge in [-0.2, -0.15) is 15.0 Å². The minimum atomic E-state index is -0.249. The van der Waals surface area contributed by atoms with Crippen molar-refractivity contribution >= 4 is 11.9 Å². The van der Waals surface area contributed by atoms with Crippen molar-refractivity contribution in [3.05, 3.63) is 5.82 Å². The lowest BCUT2D eigenvalue weighted by atomic mass is 10.3. The van der Waals surface area contributed by atoms with E-state index in [9.17, 15) is 5.11 Å². The Hall–Kier alpha value is -1.47. The number of aliphatic hydroxyl groups excluding tert-OH is 1. The number of likely N-dealkylation sites (tertiary alicyclic amines) is 1. The smallest absolute Gasteiger partial charge is 0.225 e. The monoisotopic (exact) mass is 210 g/mol. The van der Waals surface area contributed by atoms with E-state index in [1.165, 1.54) is 0 Å². The molecule has 1 fully saturated rings. The number of anilines is 2. The average Bonchev–Trinajstić information content (AvgIpc) is 2.49. The lowest BCUT2D eigenvalue weighted by Crippen LogP contribution is -2.23. The minimum Gasteiger partial charge on any atom is -0.392 e. The maximum absolute atomic E-state index is 9.34. The Morgan fingerprint density at radius 1 is 1.27 bits per heavy atom. The number of nitrogens with two attached hydrogens (primary N) is 2. The van der Waals surface area contributed by atoms with Crippen LogP contribution in [0.3, 0.4) is 0 Å². The number of aliphatic hydroxyl groups is 1. The van der Waals surface area contributed by atoms with Crippen molar-refractivity contribution in [2.75, 3.05) is 24.6 Å². The van der Waals surface area contributed by atoms with Crippen molar-refractivity contribution in [3.8, 4) is 0 Å². The Bertz CT molecular complexity index is 337. The summed E-state index contributed by atoms with van der Waals surface area (Å²) in [4.78, 5) is 13.7. The van der Waals surface area contributed by atoms with Crippen LogP contribution in [0.15, 0.2) is 0 Å². The molecule has 0 saturated carbocycles. The molecule has 1 saturated heterocycles. The van der Waals surface area contributed by atoms with Crippen LogP contribution in [0.2, 0.25) is 0 Å². The van der Waals surface area contributed by atoms with Crippen LogP contribution in [0.1, 0.15) is 12.2 Å². The van der Waals surface area contributed by atoms with Gasteiger partial charge in [0.05, 0.1) is 12.6 Å². The Labute approximate surface area is 87.1 Å². The predicted molar refractivity (Wildman–Crippen MR) is 54.6 cm³/mol. The third kappa shape index (κ3) is 2.51. The summed E-state index contributed by atoms with van der Waals surface area (Å²) in [5.74, 6) is 0.823. The second-order valence-electron chi connectivity index (χ2n) is 3.65. The summed E-state index contributed by atoms with van der Waals surface area (Å²) in [7, 11) is 0. The molecule has 0 radical (unpaired) electrons. The number of nitrogen functional groups attached to an aromatic ring is 2. The second-order valence-corrected chi connectivity index (χ2v) is 3.65. The van der Waals surface area contributed by atoms with Gasteiger partial charge in [0.25, 0.3) is 0 Å². The van der Waals surface area contributed by atoms with Crippen molar-refractivity contribution in [1.82, 2.24) is 19.9 Å². The number of rotatable bonds is 2. The van der Waals surface area contributed by atoms with Crippen LogP contribution in [0.25, 0.3) is 0 Å². The Morgan fingerprint density at radius 2 is 1.93 bits per heavy atom. The highest BCUT2D eigenvalue weighted by molar-refractivity contribution is 5.25. The standard InChI is InChI=1S/C8H14N6O/c9-7-11-6(12-8(10)13-7)4-14-2-1-5(15)3-14/h5,15H,1-4H2,(H4,9,10,11,12,13)/t5-/m1/s1. The first-order valence-corrected chi connectivity index (χ1v) is 4.80. The lowest BCUT2D eigenvalue weighted by molar-refractivity contribution is 0.174. The van der Waals surface area contributed by atoms with E-state index in [1.807, 2.05) is 0 Å². The summed E-state index contributed by atoms with van der Waals surface area (Å²) >= 11 is 0. The first-order valence-electron chi connectivity index (χ1n) is 4.80. The molecule has 0 unspecified atom stereocenters. The van der Waals surface area contributed by atoms with E-state index in [2.05, 4.69) is 19.9 Å². The Kier molecular flexibility index (Phi) is 2.65. The molecular formula is C8H14N6O. The fourth-order valence-corrected chi connectivity index (χ4v) is 1.68. The molecule has 5 N–H and O–H groups in total. The number of hydrogen-bond acceptors (Lipinski definition) is 7. The zero-order valence-corrected chi connectivity index (χ0v) is 8.30. The molecule has 15 heavy (non-hydrogen) atoms. The van der Waals surface area contributed by atoms with Gasteiger partial charge in [-0.3, -0.25) is 4.90 Å². The highest BCUT2D eigenvalue weighted by atomic mass is 16.3. The predicted octanol–water partition coefficient (Wildman–Crippen LogP) is -1.40. The summed E-state index contributed by atoms with van der Waals surface area (Å²) in [6, 6.07) is 0. The van der Waals surface area contributed by atoms with Crippen LogP contribution in [-0.2, 0) is 6.54 Å². The van der Waals surface area contributed by atoms with Crippen molar-refractivity contribution in [1.29, 1.82) is 0 Å². The molecule has 1 atom stereocenters. The molecule has 2 heterocycles. The van der Waals surface area contributed by atoms with Crippen molar-refractivity contribution < 1.29 is 5.11 Å². The lowest BCUT2D eigenvalue weighted by Gasteiger charge is -2.13. The van der Waals surface area contributed by atoms with Gasteiger partial charge in [-0.25, -0.2) is 0 Å². The summed E-state index contributed by atoms with van der Waals surface area (Å²) in [5, 5.41) is 9.34. The molecule has 7 heteroatoms. The molecule has 1 aromatic heterocycles. The zero-order chi connectivity index (χ0) is 10.8. The first kappa shape index (κ1) is 10.1. The highest BCUT2D eigenvalue weighted by Gasteiger charge is 2.21. The van der Waals surface area contributed by atoms with E-state index in [4.69, 9.17) is 11.5 Å². The molecule has 82 valence electrons. The largest absolute Gasteiger partial charge is 0.392 e. The van der Waals surface area contributed by atoms with E-state index in [1.54, 1.807) is 0 Å². The number of β-amino-alcohol motifs (C(OH)–C–C–N with tert-alkyl or cyclic N) is 1. The van der Waals surface area contributed by atoms with Gasteiger partial charge in [0.1, 0.15) is 5.82 Å². The van der Waals surface area contributed by atoms with Crippen LogP contribution in [0.5, 0.6) is 0 Å². The van der Waals surface area contributed by atoms with Gasteiger partial charge in [-0.15, -0.1) is 0 Å². The van der Waals surface area contributed by atoms with Gasteiger partial charge < -0.3 is 16.6 Å². The molecule has 1 aromatic rings. The Balaban J connectivity index is 2.04. The summed E-state index contributed by atoms with van der Waals surface area (Å²) in [6.45, 7) is 2.03. The molecule has 1 aliphatic rings. The molecule has 2 rings (SSSR count). The van der Waals surface area contributed by atoms with Gasteiger partial charge in [0.15, 0.2) is 0 Å². The third-order valence-electron chi connectivity index (χ3n) is 2.33. The molecular weight excluding hydrogens is 196 g/mol. The summed E-state index contributed by atoms with van der Waals surface area (Å²) in [5.41, 5.74) is 10.9. The van der Waals surface area contributed by atoms with E-state index in [-0.39, 0.29) is 18.0 Å². The summed E-state index contributed by atoms with van der Waals surface area (Å²) in [6.07, 6.45) is 0.539. The van der Waals surface area contributed by atoms with Crippen LogP contribution in [0, 0.1) is 0 Å². The number of hydrogen-bond donors (Lipinski definition) is 3. The van der Waals surface area contributed by atoms with Gasteiger partial charge in [0, 0.05) is 13.1 Å². The third-order valence-corrected chi connectivity index (χ3v) is 2.33. The normalized spacial score (nSPS) is 22.1. The molecule has 1 aliphatic heterocycles. The first-order chi connectivity index (χ1) is 7.13. The Morgan fingerprint density at radius 3 is 2.47 bits per heavy atom. The zero-order valence-electron chi connectivity index (χ0n) is 8.30. The average molecular weight is 210 g/mol. The topological polar surface area (TPSA) is 114 Å². The molecule has 0 aliphatic carbocycles. The highest BCUT2D eigenvalue weighted by Crippen LogP contribution is 2.11. The maximum Gasteiger partial charge on any atom is 0.225 e. The fraction of sp³-hybridized carbons (Fsp3) is 0.625. The maximum atomic E-state index is 9.34. The van der Waals surface area contributed by atoms with Crippen molar-refractivity contribution in [2.45, 2.75) is 19.1 Å². The molecule has 0 bridgehead atoms. The van der Waals surface area contributed by atoms with Crippen LogP contribution in [0.4, 0.5) is 11.9 Å². The van der Waals surface area contributed by atoms with Gasteiger partial charge >= 0.3 is 0 Å². The van der Waals surface area contributed by atoms with E-state index < -0.39 is 0 Å². The molecule has 0 amide bonds. The molecule has 7 nitrogen and oxygen atoms in total. The van der Waals surface area contributed by atoms with E-state index in [0.717, 1.165) is 13.0 Å². The van der Waals surface area contributed by atoms with Crippen LogP contribution in [-0.4, -0.2) is 44.2 Å². The molecule has 0 aromatic carbocycles. The SMILES string of the molecule is Nc1nc(N)nc(CN2CC[C@@H](O)C2)n1. The molecule has 0 spiro atoms. The van der Waals surface area contributed by atoms with Gasteiger partial charge in [-0.05, 0) is 6.42 Å². The van der Waals surface area contributed by atoms with Gasteiger partial charge in [-0.1, -0.05) is 0 Å². The van der Waals surface area contributed by atoms with Crippen LogP contribution < -0.4 is 11.5 Å². The quantitative estimate of drug-likeness (QED) is 0.550. The van der Waals surface area contributed by atoms with Crippen molar-refractivity contribution in [2.24, 2.45) is 0 Å². The minimum absolute atomic E-state index is 0.136. The second kappa shape index (κ2) is 3.95. The van der Waals surface area contributed by atoms with Crippen molar-refractivity contribution in [3.63, 3.8) is 0 Å². The van der Waals surface area contributed by atoms with Crippen LogP contribution >= 0.6 is 0 Å². The van der Waals surface area contributed by atoms with E-state index in [0.29, 0.717) is 18.9 Å². The number of nitrogens with zero attached hydrogens (tertiary/aromatic N) is 4. The fourth-order valence-electron chi connectivity index (χ4n) is 1.68. The number of aromatic nitrogens is 3. The van der Waals surface area contributed by atoms with E-state index >= 15 is 0 Å².